The second-order valence-electron chi connectivity index (χ2n) is 0.796. The summed E-state index contributed by atoms with van der Waals surface area (Å²) in [5.74, 6) is 0. The Labute approximate surface area is 64.3 Å². The van der Waals surface area contributed by atoms with Crippen molar-refractivity contribution in [2.45, 2.75) is 0 Å². The smallest absolute Gasteiger partial charge is 0.333 e. The molecule has 1 atom stereocenters. The van der Waals surface area contributed by atoms with Gasteiger partial charge in [-0.25, -0.2) is 4.57 Å². The number of hydrogen-bond donors (Lipinski definition) is 5. The van der Waals surface area contributed by atoms with Crippen LogP contribution in [0.4, 0.5) is 0 Å². The van der Waals surface area contributed by atoms with E-state index in [1.54, 1.807) is 0 Å². The maximum absolute atomic E-state index is 8.88. The first-order valence-electron chi connectivity index (χ1n) is 1.72. The molecule has 0 aliphatic rings. The minimum atomic E-state index is -4.64. The van der Waals surface area contributed by atoms with Crippen LogP contribution in [0.1, 0.15) is 0 Å². The number of phosphoric acid groups is 1. The van der Waals surface area contributed by atoms with Crippen molar-refractivity contribution in [1.29, 1.82) is 0 Å². The van der Waals surface area contributed by atoms with Crippen molar-refractivity contribution in [2.75, 3.05) is 0 Å². The third-order valence-corrected chi connectivity index (χ3v) is 0. The fourth-order valence-corrected chi connectivity index (χ4v) is 0. The fraction of sp³-hybridized carbons (Fsp3) is 0. The summed E-state index contributed by atoms with van der Waals surface area (Å²) in [6.45, 7) is 0. The van der Waals surface area contributed by atoms with Gasteiger partial charge in [-0.3, -0.25) is 4.57 Å². The Morgan fingerprint density at radius 1 is 1.09 bits per heavy atom. The molecule has 0 heterocycles. The highest BCUT2D eigenvalue weighted by Gasteiger charge is 2.00. The van der Waals surface area contributed by atoms with E-state index in [0.717, 1.165) is 0 Å². The Morgan fingerprint density at radius 2 is 1.09 bits per heavy atom. The van der Waals surface area contributed by atoms with Gasteiger partial charge in [-0.2, -0.15) is 0 Å². The molecule has 0 aliphatic carbocycles. The van der Waals surface area contributed by atoms with Crippen molar-refractivity contribution in [1.82, 2.24) is 0 Å². The molecule has 0 bridgehead atoms. The quantitative estimate of drug-likeness (QED) is 0.311. The molecule has 0 fully saturated rings. The summed E-state index contributed by atoms with van der Waals surface area (Å²) in [6, 6.07) is 0. The lowest BCUT2D eigenvalue weighted by atomic mass is 15.8. The molecular formula is H9O8P3. The highest BCUT2D eigenvalue weighted by atomic mass is 31.2. The average molecular weight is 230 g/mol. The van der Waals surface area contributed by atoms with Gasteiger partial charge in [-0.1, -0.05) is 0 Å². The Balaban J connectivity index is -0.0000000965. The summed E-state index contributed by atoms with van der Waals surface area (Å²) < 4.78 is 25.9. The van der Waals surface area contributed by atoms with E-state index in [9.17, 15) is 0 Å². The first-order chi connectivity index (χ1) is 4.73. The lowest BCUT2D eigenvalue weighted by Crippen LogP contribution is -1.66. The summed E-state index contributed by atoms with van der Waals surface area (Å²) in [5.41, 5.74) is 0. The molecular weight excluding hydrogens is 221 g/mol. The fourth-order valence-electron chi connectivity index (χ4n) is 0. The lowest BCUT2D eigenvalue weighted by molar-refractivity contribution is 0.275. The van der Waals surface area contributed by atoms with Gasteiger partial charge in [0.25, 0.3) is 0 Å². The summed E-state index contributed by atoms with van der Waals surface area (Å²) in [7, 11) is -7.16. The van der Waals surface area contributed by atoms with Gasteiger partial charge in [0, 0.05) is 0 Å². The summed E-state index contributed by atoms with van der Waals surface area (Å²) >= 11 is 0. The number of hydrogen-bond acceptors (Lipinski definition) is 3. The van der Waals surface area contributed by atoms with Crippen molar-refractivity contribution in [3.05, 3.63) is 0 Å². The zero-order valence-electron chi connectivity index (χ0n) is 5.12. The highest BCUT2D eigenvalue weighted by Crippen LogP contribution is 2.25. The van der Waals surface area contributed by atoms with E-state index in [2.05, 4.69) is 0 Å². The molecule has 0 spiro atoms. The third kappa shape index (κ3) is 3150. The molecule has 11 heavy (non-hydrogen) atoms. The van der Waals surface area contributed by atoms with Gasteiger partial charge in [0.1, 0.15) is 0 Å². The van der Waals surface area contributed by atoms with Crippen molar-refractivity contribution in [2.24, 2.45) is 0 Å². The van der Waals surface area contributed by atoms with Crippen molar-refractivity contribution in [3.8, 4) is 0 Å². The van der Waals surface area contributed by atoms with E-state index in [1.165, 1.54) is 0 Å². The molecule has 5 N–H and O–H groups in total. The molecule has 8 nitrogen and oxygen atoms in total. The summed E-state index contributed by atoms with van der Waals surface area (Å²) in [4.78, 5) is 35.9. The Hall–Kier alpha value is 0.490. The molecule has 1 unspecified atom stereocenters. The maximum Gasteiger partial charge on any atom is 0.466 e. The first kappa shape index (κ1) is 17.5. The highest BCUT2D eigenvalue weighted by molar-refractivity contribution is 7.45. The Morgan fingerprint density at radius 3 is 1.09 bits per heavy atom. The molecule has 0 amide bonds. The van der Waals surface area contributed by atoms with E-state index < -0.39 is 16.1 Å². The predicted octanol–water partition coefficient (Wildman–Crippen LogP) is -1.63. The minimum absolute atomic E-state index is 0.611. The van der Waals surface area contributed by atoms with E-state index in [0.29, 0.717) is 9.12 Å². The molecule has 0 aliphatic heterocycles. The molecule has 11 heteroatoms. The zero-order valence-corrected chi connectivity index (χ0v) is 8.42. The molecule has 0 saturated heterocycles. The molecule has 0 aromatic heterocycles. The van der Waals surface area contributed by atoms with Crippen LogP contribution in [0.2, 0.25) is 0 Å². The normalized spacial score (nSPS) is 9.27. The van der Waals surface area contributed by atoms with Gasteiger partial charge in [0.15, 0.2) is 0 Å². The van der Waals surface area contributed by atoms with Crippen LogP contribution in [0.3, 0.4) is 0 Å². The van der Waals surface area contributed by atoms with E-state index in [1.807, 2.05) is 0 Å². The number of rotatable bonds is 0. The average Bonchev–Trinajstić information content (AvgIpc) is 1.63. The molecule has 0 saturated carbocycles. The van der Waals surface area contributed by atoms with Crippen LogP contribution in [-0.2, 0) is 13.7 Å². The predicted molar refractivity (Wildman–Crippen MR) is 39.5 cm³/mol. The summed E-state index contributed by atoms with van der Waals surface area (Å²) in [6.07, 6.45) is 0. The van der Waals surface area contributed by atoms with Gasteiger partial charge in [0.05, 0.1) is 9.12 Å². The van der Waals surface area contributed by atoms with Crippen LogP contribution in [0, 0.1) is 0 Å². The van der Waals surface area contributed by atoms with Crippen LogP contribution >= 0.6 is 25.2 Å². The topological polar surface area (TPSA) is 152 Å². The van der Waals surface area contributed by atoms with Crippen LogP contribution in [0.15, 0.2) is 0 Å². The SMILES string of the molecule is O=P(O)(O)O.O=[PH3].O=[PH](O)O. The molecule has 0 rings (SSSR count). The van der Waals surface area contributed by atoms with Crippen molar-refractivity contribution < 1.29 is 38.2 Å². The lowest BCUT2D eigenvalue weighted by Gasteiger charge is -1.82. The Bertz CT molecular complexity index is 120. The Kier molecular flexibility index (Phi) is 16.7. The van der Waals surface area contributed by atoms with Gasteiger partial charge in [-0.15, -0.1) is 0 Å². The second kappa shape index (κ2) is 10.5. The van der Waals surface area contributed by atoms with Gasteiger partial charge < -0.3 is 29.0 Å². The van der Waals surface area contributed by atoms with Crippen LogP contribution in [0.5, 0.6) is 0 Å². The largest absolute Gasteiger partial charge is 0.466 e. The third-order valence-electron chi connectivity index (χ3n) is 0. The zero-order chi connectivity index (χ0) is 10.1. The molecule has 0 radical (unpaired) electrons. The van der Waals surface area contributed by atoms with E-state index in [4.69, 9.17) is 38.2 Å². The van der Waals surface area contributed by atoms with Crippen molar-refractivity contribution >= 4 is 25.2 Å². The standard InChI is InChI=1S/H3O4P.H3O3P.H3OP/c1-5(2,3)4;1-4(2)3;1-2/h(H3,1,2,3,4);4H,(H2,1,2,3);2H3. The van der Waals surface area contributed by atoms with Gasteiger partial charge in [0.2, 0.25) is 0 Å². The summed E-state index contributed by atoms with van der Waals surface area (Å²) in [5, 5.41) is 0. The van der Waals surface area contributed by atoms with Gasteiger partial charge >= 0.3 is 16.1 Å². The van der Waals surface area contributed by atoms with Crippen molar-refractivity contribution in [3.63, 3.8) is 0 Å². The molecule has 0 aromatic rings. The van der Waals surface area contributed by atoms with Crippen LogP contribution < -0.4 is 0 Å². The molecule has 72 valence electrons. The maximum atomic E-state index is 8.88. The van der Waals surface area contributed by atoms with Crippen LogP contribution in [0.25, 0.3) is 0 Å². The van der Waals surface area contributed by atoms with E-state index in [-0.39, 0.29) is 0 Å². The first-order valence-corrected chi connectivity index (χ1v) is 5.17. The monoisotopic (exact) mass is 230 g/mol. The van der Waals surface area contributed by atoms with E-state index >= 15 is 0 Å². The minimum Gasteiger partial charge on any atom is -0.333 e. The van der Waals surface area contributed by atoms with Crippen LogP contribution in [-0.4, -0.2) is 24.5 Å². The van der Waals surface area contributed by atoms with Gasteiger partial charge in [-0.05, 0) is 0 Å². The second-order valence-corrected chi connectivity index (χ2v) is 2.39. The molecule has 0 aromatic carbocycles.